The normalized spacial score (nSPS) is 8.65. The molecule has 1 amide bonds. The SMILES string of the molecule is N#CC(C#N)=CNc1cc(C(N)=O)ccc1Cl. The Bertz CT molecular complexity index is 550. The summed E-state index contributed by atoms with van der Waals surface area (Å²) in [6.45, 7) is 0. The van der Waals surface area contributed by atoms with Gasteiger partial charge in [-0.1, -0.05) is 11.6 Å². The lowest BCUT2D eigenvalue weighted by atomic mass is 10.2. The monoisotopic (exact) mass is 246 g/mol. The standard InChI is InChI=1S/C11H7ClN4O/c12-9-2-1-8(11(15)17)3-10(9)16-6-7(4-13)5-14/h1-3,6,16H,(H2,15,17). The van der Waals surface area contributed by atoms with Crippen LogP contribution < -0.4 is 11.1 Å². The summed E-state index contributed by atoms with van der Waals surface area (Å²) >= 11 is 5.86. The van der Waals surface area contributed by atoms with Crippen LogP contribution in [-0.2, 0) is 0 Å². The second kappa shape index (κ2) is 5.55. The smallest absolute Gasteiger partial charge is 0.248 e. The zero-order chi connectivity index (χ0) is 12.8. The second-order valence-electron chi connectivity index (χ2n) is 2.98. The van der Waals surface area contributed by atoms with Crippen LogP contribution in [-0.4, -0.2) is 5.91 Å². The molecule has 0 aliphatic rings. The van der Waals surface area contributed by atoms with Gasteiger partial charge in [0.25, 0.3) is 0 Å². The minimum absolute atomic E-state index is 0.106. The Morgan fingerprint density at radius 2 is 2.06 bits per heavy atom. The number of allylic oxidation sites excluding steroid dienone is 1. The van der Waals surface area contributed by atoms with Crippen LogP contribution in [0, 0.1) is 22.7 Å². The summed E-state index contributed by atoms with van der Waals surface area (Å²) < 4.78 is 0. The number of carbonyl (C=O) groups excluding carboxylic acids is 1. The lowest BCUT2D eigenvalue weighted by Crippen LogP contribution is -2.11. The van der Waals surface area contributed by atoms with E-state index in [0.717, 1.165) is 0 Å². The first-order chi connectivity index (χ1) is 8.08. The van der Waals surface area contributed by atoms with Crippen LogP contribution in [0.15, 0.2) is 30.0 Å². The molecule has 0 saturated carbocycles. The molecule has 1 rings (SSSR count). The Labute approximate surface area is 103 Å². The lowest BCUT2D eigenvalue weighted by Gasteiger charge is -2.05. The van der Waals surface area contributed by atoms with Crippen LogP contribution in [0.5, 0.6) is 0 Å². The van der Waals surface area contributed by atoms with E-state index in [2.05, 4.69) is 5.32 Å². The Balaban J connectivity index is 3.04. The fraction of sp³-hybridized carbons (Fsp3) is 0. The summed E-state index contributed by atoms with van der Waals surface area (Å²) in [6.07, 6.45) is 1.20. The molecule has 0 aromatic heterocycles. The molecule has 0 unspecified atom stereocenters. The molecule has 0 heterocycles. The molecule has 84 valence electrons. The number of nitrogens with two attached hydrogens (primary N) is 1. The van der Waals surface area contributed by atoms with Crippen LogP contribution in [0.2, 0.25) is 5.02 Å². The Hall–Kier alpha value is -2.50. The van der Waals surface area contributed by atoms with Crippen molar-refractivity contribution in [2.24, 2.45) is 5.73 Å². The van der Waals surface area contributed by atoms with E-state index in [1.807, 2.05) is 0 Å². The van der Waals surface area contributed by atoms with Gasteiger partial charge in [-0.05, 0) is 18.2 Å². The quantitative estimate of drug-likeness (QED) is 0.794. The highest BCUT2D eigenvalue weighted by molar-refractivity contribution is 6.33. The predicted molar refractivity (Wildman–Crippen MR) is 62.9 cm³/mol. The maximum absolute atomic E-state index is 10.9. The third-order valence-electron chi connectivity index (χ3n) is 1.86. The largest absolute Gasteiger partial charge is 0.366 e. The molecule has 1 aromatic rings. The summed E-state index contributed by atoms with van der Waals surface area (Å²) in [5, 5.41) is 20.1. The predicted octanol–water partition coefficient (Wildman–Crippen LogP) is 1.78. The number of anilines is 1. The van der Waals surface area contributed by atoms with E-state index >= 15 is 0 Å². The van der Waals surface area contributed by atoms with E-state index in [9.17, 15) is 4.79 Å². The van der Waals surface area contributed by atoms with Crippen molar-refractivity contribution >= 4 is 23.2 Å². The fourth-order valence-corrected chi connectivity index (χ4v) is 1.20. The van der Waals surface area contributed by atoms with E-state index in [0.29, 0.717) is 10.7 Å². The van der Waals surface area contributed by atoms with Gasteiger partial charge >= 0.3 is 0 Å². The maximum Gasteiger partial charge on any atom is 0.248 e. The third kappa shape index (κ3) is 3.23. The number of hydrogen-bond acceptors (Lipinski definition) is 4. The molecule has 0 aliphatic carbocycles. The Morgan fingerprint density at radius 1 is 1.41 bits per heavy atom. The number of rotatable bonds is 3. The Kier molecular flexibility index (Phi) is 4.10. The van der Waals surface area contributed by atoms with E-state index in [1.54, 1.807) is 12.1 Å². The van der Waals surface area contributed by atoms with Gasteiger partial charge in [-0.2, -0.15) is 10.5 Å². The van der Waals surface area contributed by atoms with Crippen LogP contribution in [0.25, 0.3) is 0 Å². The number of nitriles is 2. The van der Waals surface area contributed by atoms with Crippen molar-refractivity contribution in [1.82, 2.24) is 0 Å². The van der Waals surface area contributed by atoms with E-state index in [-0.39, 0.29) is 11.1 Å². The van der Waals surface area contributed by atoms with Crippen LogP contribution >= 0.6 is 11.6 Å². The van der Waals surface area contributed by atoms with Gasteiger partial charge in [0, 0.05) is 11.8 Å². The first-order valence-corrected chi connectivity index (χ1v) is 4.82. The highest BCUT2D eigenvalue weighted by Crippen LogP contribution is 2.23. The Morgan fingerprint density at radius 3 is 2.59 bits per heavy atom. The molecule has 0 aliphatic heterocycles. The molecular formula is C11H7ClN4O. The van der Waals surface area contributed by atoms with Crippen molar-refractivity contribution in [2.75, 3.05) is 5.32 Å². The molecular weight excluding hydrogens is 240 g/mol. The van der Waals surface area contributed by atoms with Crippen molar-refractivity contribution < 1.29 is 4.79 Å². The minimum Gasteiger partial charge on any atom is -0.366 e. The van der Waals surface area contributed by atoms with Gasteiger partial charge < -0.3 is 11.1 Å². The topological polar surface area (TPSA) is 103 Å². The van der Waals surface area contributed by atoms with Crippen molar-refractivity contribution in [1.29, 1.82) is 10.5 Å². The van der Waals surface area contributed by atoms with Gasteiger partial charge in [0.2, 0.25) is 5.91 Å². The maximum atomic E-state index is 10.9. The number of halogens is 1. The minimum atomic E-state index is -0.588. The molecule has 3 N–H and O–H groups in total. The summed E-state index contributed by atoms with van der Waals surface area (Å²) in [5.74, 6) is -0.588. The van der Waals surface area contributed by atoms with Gasteiger partial charge in [0.1, 0.15) is 17.7 Å². The van der Waals surface area contributed by atoms with Gasteiger partial charge in [-0.3, -0.25) is 4.79 Å². The summed E-state index contributed by atoms with van der Waals surface area (Å²) in [7, 11) is 0. The van der Waals surface area contributed by atoms with Crippen LogP contribution in [0.3, 0.4) is 0 Å². The zero-order valence-corrected chi connectivity index (χ0v) is 9.32. The first kappa shape index (κ1) is 12.6. The van der Waals surface area contributed by atoms with Crippen molar-refractivity contribution in [3.05, 3.63) is 40.6 Å². The molecule has 6 heteroatoms. The van der Waals surface area contributed by atoms with E-state index in [1.165, 1.54) is 24.4 Å². The number of benzene rings is 1. The highest BCUT2D eigenvalue weighted by atomic mass is 35.5. The van der Waals surface area contributed by atoms with Gasteiger partial charge in [-0.25, -0.2) is 0 Å². The van der Waals surface area contributed by atoms with Crippen molar-refractivity contribution in [3.8, 4) is 12.1 Å². The number of amides is 1. The molecule has 1 aromatic carbocycles. The lowest BCUT2D eigenvalue weighted by molar-refractivity contribution is 0.100. The molecule has 5 nitrogen and oxygen atoms in total. The van der Waals surface area contributed by atoms with Gasteiger partial charge in [0.05, 0.1) is 10.7 Å². The number of carbonyl (C=O) groups is 1. The average molecular weight is 247 g/mol. The highest BCUT2D eigenvalue weighted by Gasteiger charge is 2.05. The summed E-state index contributed by atoms with van der Waals surface area (Å²) in [4.78, 5) is 10.9. The second-order valence-corrected chi connectivity index (χ2v) is 3.39. The molecule has 0 spiro atoms. The van der Waals surface area contributed by atoms with Gasteiger partial charge in [-0.15, -0.1) is 0 Å². The van der Waals surface area contributed by atoms with E-state index < -0.39 is 5.91 Å². The molecule has 0 fully saturated rings. The molecule has 17 heavy (non-hydrogen) atoms. The number of primary amides is 1. The van der Waals surface area contributed by atoms with Crippen LogP contribution in [0.4, 0.5) is 5.69 Å². The molecule has 0 atom stereocenters. The molecule has 0 radical (unpaired) electrons. The molecule has 0 saturated heterocycles. The number of nitrogens with zero attached hydrogens (tertiary/aromatic N) is 2. The average Bonchev–Trinajstić information content (AvgIpc) is 2.32. The summed E-state index contributed by atoms with van der Waals surface area (Å²) in [5.41, 5.74) is 5.68. The van der Waals surface area contributed by atoms with E-state index in [4.69, 9.17) is 27.9 Å². The third-order valence-corrected chi connectivity index (χ3v) is 2.19. The number of hydrogen-bond donors (Lipinski definition) is 2. The van der Waals surface area contributed by atoms with Crippen molar-refractivity contribution in [2.45, 2.75) is 0 Å². The zero-order valence-electron chi connectivity index (χ0n) is 8.57. The van der Waals surface area contributed by atoms with Crippen molar-refractivity contribution in [3.63, 3.8) is 0 Å². The fourth-order valence-electron chi connectivity index (χ4n) is 1.03. The first-order valence-electron chi connectivity index (χ1n) is 4.44. The number of nitrogens with one attached hydrogen (secondary N) is 1. The summed E-state index contributed by atoms with van der Waals surface area (Å²) in [6, 6.07) is 7.78. The van der Waals surface area contributed by atoms with Crippen LogP contribution in [0.1, 0.15) is 10.4 Å². The molecule has 0 bridgehead atoms. The van der Waals surface area contributed by atoms with Gasteiger partial charge in [0.15, 0.2) is 0 Å².